The quantitative estimate of drug-likeness (QED) is 0.616. The summed E-state index contributed by atoms with van der Waals surface area (Å²) in [4.78, 5) is 12.9. The molecular formula is C15H13ClO2S. The van der Waals surface area contributed by atoms with Crippen molar-refractivity contribution in [3.8, 4) is 0 Å². The molecule has 0 aliphatic carbocycles. The van der Waals surface area contributed by atoms with Gasteiger partial charge in [-0.2, -0.15) is 0 Å². The lowest BCUT2D eigenvalue weighted by molar-refractivity contribution is 0.0472. The molecule has 0 amide bonds. The minimum Gasteiger partial charge on any atom is -0.457 e. The lowest BCUT2D eigenvalue weighted by atomic mass is 10.2. The summed E-state index contributed by atoms with van der Waals surface area (Å²) < 4.78 is 5.26. The summed E-state index contributed by atoms with van der Waals surface area (Å²) in [5.74, 6) is -0.323. The fourth-order valence-electron chi connectivity index (χ4n) is 1.61. The van der Waals surface area contributed by atoms with Crippen LogP contribution in [0, 0.1) is 0 Å². The molecule has 4 heteroatoms. The molecule has 0 aliphatic rings. The predicted octanol–water partition coefficient (Wildman–Crippen LogP) is 4.42. The Morgan fingerprint density at radius 3 is 2.74 bits per heavy atom. The van der Waals surface area contributed by atoms with E-state index in [0.717, 1.165) is 10.5 Å². The number of thioether (sulfide) groups is 1. The van der Waals surface area contributed by atoms with Crippen LogP contribution >= 0.6 is 23.4 Å². The van der Waals surface area contributed by atoms with E-state index < -0.39 is 0 Å². The Morgan fingerprint density at radius 2 is 2.00 bits per heavy atom. The van der Waals surface area contributed by atoms with Crippen LogP contribution in [-0.2, 0) is 11.3 Å². The molecule has 98 valence electrons. The molecule has 0 fully saturated rings. The van der Waals surface area contributed by atoms with E-state index in [1.165, 1.54) is 0 Å². The minimum atomic E-state index is -0.323. The van der Waals surface area contributed by atoms with Gasteiger partial charge in [0.15, 0.2) is 0 Å². The predicted molar refractivity (Wildman–Crippen MR) is 78.8 cm³/mol. The number of carbonyl (C=O) groups excluding carboxylic acids is 1. The van der Waals surface area contributed by atoms with E-state index in [-0.39, 0.29) is 12.6 Å². The van der Waals surface area contributed by atoms with Gasteiger partial charge in [0.1, 0.15) is 6.61 Å². The molecule has 2 rings (SSSR count). The van der Waals surface area contributed by atoms with Gasteiger partial charge in [-0.25, -0.2) is 4.79 Å². The standard InChI is InChI=1S/C15H13ClO2S/c1-19-14-7-3-5-12(9-14)15(17)18-10-11-4-2-6-13(16)8-11/h2-9H,10H2,1H3. The van der Waals surface area contributed by atoms with Gasteiger partial charge >= 0.3 is 5.97 Å². The van der Waals surface area contributed by atoms with Crippen LogP contribution in [0.1, 0.15) is 15.9 Å². The molecule has 0 aromatic heterocycles. The molecule has 0 saturated heterocycles. The van der Waals surface area contributed by atoms with Gasteiger partial charge in [-0.15, -0.1) is 11.8 Å². The second kappa shape index (κ2) is 6.64. The van der Waals surface area contributed by atoms with Gasteiger partial charge < -0.3 is 4.74 Å². The summed E-state index contributed by atoms with van der Waals surface area (Å²) in [5.41, 5.74) is 1.44. The number of halogens is 1. The van der Waals surface area contributed by atoms with Crippen LogP contribution in [0.15, 0.2) is 53.4 Å². The van der Waals surface area contributed by atoms with Crippen molar-refractivity contribution in [2.24, 2.45) is 0 Å². The largest absolute Gasteiger partial charge is 0.457 e. The highest BCUT2D eigenvalue weighted by Crippen LogP contribution is 2.17. The van der Waals surface area contributed by atoms with Crippen molar-refractivity contribution in [3.05, 3.63) is 64.7 Å². The van der Waals surface area contributed by atoms with Crippen LogP contribution in [0.4, 0.5) is 0 Å². The molecule has 2 aromatic rings. The normalized spacial score (nSPS) is 10.2. The zero-order chi connectivity index (χ0) is 13.7. The Morgan fingerprint density at radius 1 is 1.21 bits per heavy atom. The highest BCUT2D eigenvalue weighted by molar-refractivity contribution is 7.98. The Balaban J connectivity index is 2.01. The maximum absolute atomic E-state index is 11.9. The average Bonchev–Trinajstić information content (AvgIpc) is 2.45. The van der Waals surface area contributed by atoms with Crippen molar-refractivity contribution in [1.82, 2.24) is 0 Å². The topological polar surface area (TPSA) is 26.3 Å². The van der Waals surface area contributed by atoms with E-state index in [9.17, 15) is 4.79 Å². The van der Waals surface area contributed by atoms with Gasteiger partial charge in [0.2, 0.25) is 0 Å². The number of esters is 1. The molecule has 0 N–H and O–H groups in total. The van der Waals surface area contributed by atoms with Gasteiger partial charge in [-0.1, -0.05) is 29.8 Å². The summed E-state index contributed by atoms with van der Waals surface area (Å²) >= 11 is 7.47. The van der Waals surface area contributed by atoms with Crippen molar-refractivity contribution in [2.45, 2.75) is 11.5 Å². The van der Waals surface area contributed by atoms with E-state index in [0.29, 0.717) is 10.6 Å². The van der Waals surface area contributed by atoms with Crippen molar-refractivity contribution < 1.29 is 9.53 Å². The summed E-state index contributed by atoms with van der Waals surface area (Å²) in [5, 5.41) is 0.637. The van der Waals surface area contributed by atoms with Crippen molar-refractivity contribution in [2.75, 3.05) is 6.26 Å². The molecule has 0 aliphatic heterocycles. The Labute approximate surface area is 121 Å². The first-order valence-corrected chi connectivity index (χ1v) is 7.35. The highest BCUT2D eigenvalue weighted by atomic mass is 35.5. The molecular weight excluding hydrogens is 280 g/mol. The minimum absolute atomic E-state index is 0.225. The lowest BCUT2D eigenvalue weighted by Gasteiger charge is -2.06. The molecule has 0 radical (unpaired) electrons. The monoisotopic (exact) mass is 292 g/mol. The van der Waals surface area contributed by atoms with Crippen molar-refractivity contribution in [3.63, 3.8) is 0 Å². The lowest BCUT2D eigenvalue weighted by Crippen LogP contribution is -2.05. The van der Waals surface area contributed by atoms with Crippen LogP contribution in [0.5, 0.6) is 0 Å². The Kier molecular flexibility index (Phi) is 4.88. The van der Waals surface area contributed by atoms with Gasteiger partial charge in [-0.05, 0) is 42.2 Å². The molecule has 0 spiro atoms. The van der Waals surface area contributed by atoms with Crippen LogP contribution in [0.2, 0.25) is 5.02 Å². The summed E-state index contributed by atoms with van der Waals surface area (Å²) in [6.07, 6.45) is 1.97. The summed E-state index contributed by atoms with van der Waals surface area (Å²) in [7, 11) is 0. The number of hydrogen-bond acceptors (Lipinski definition) is 3. The van der Waals surface area contributed by atoms with Crippen LogP contribution in [-0.4, -0.2) is 12.2 Å². The smallest absolute Gasteiger partial charge is 0.338 e. The zero-order valence-electron chi connectivity index (χ0n) is 10.4. The van der Waals surface area contributed by atoms with Crippen molar-refractivity contribution >= 4 is 29.3 Å². The second-order valence-corrected chi connectivity index (χ2v) is 5.25. The number of hydrogen-bond donors (Lipinski definition) is 0. The molecule has 0 bridgehead atoms. The average molecular weight is 293 g/mol. The number of benzene rings is 2. The molecule has 0 heterocycles. The summed E-state index contributed by atoms with van der Waals surface area (Å²) in [6, 6.07) is 14.7. The zero-order valence-corrected chi connectivity index (χ0v) is 12.0. The van der Waals surface area contributed by atoms with E-state index in [4.69, 9.17) is 16.3 Å². The third-order valence-corrected chi connectivity index (χ3v) is 3.52. The molecule has 0 atom stereocenters. The number of rotatable bonds is 4. The first-order chi connectivity index (χ1) is 9.19. The van der Waals surface area contributed by atoms with Crippen LogP contribution < -0.4 is 0 Å². The first kappa shape index (κ1) is 14.0. The highest BCUT2D eigenvalue weighted by Gasteiger charge is 2.08. The molecule has 2 nitrogen and oxygen atoms in total. The fraction of sp³-hybridized carbons (Fsp3) is 0.133. The Hall–Kier alpha value is -1.45. The first-order valence-electron chi connectivity index (χ1n) is 5.74. The third-order valence-electron chi connectivity index (χ3n) is 2.56. The maximum Gasteiger partial charge on any atom is 0.338 e. The third kappa shape index (κ3) is 4.01. The van der Waals surface area contributed by atoms with Gasteiger partial charge in [0, 0.05) is 9.92 Å². The second-order valence-electron chi connectivity index (χ2n) is 3.94. The van der Waals surface area contributed by atoms with E-state index in [1.54, 1.807) is 30.0 Å². The Bertz CT molecular complexity index is 584. The fourth-order valence-corrected chi connectivity index (χ4v) is 2.28. The molecule has 0 unspecified atom stereocenters. The number of carbonyl (C=O) groups is 1. The van der Waals surface area contributed by atoms with E-state index >= 15 is 0 Å². The SMILES string of the molecule is CSc1cccc(C(=O)OCc2cccc(Cl)c2)c1. The molecule has 19 heavy (non-hydrogen) atoms. The molecule has 0 saturated carbocycles. The van der Waals surface area contributed by atoms with Gasteiger partial charge in [0.05, 0.1) is 5.56 Å². The summed E-state index contributed by atoms with van der Waals surface area (Å²) in [6.45, 7) is 0.225. The van der Waals surface area contributed by atoms with Crippen molar-refractivity contribution in [1.29, 1.82) is 0 Å². The van der Waals surface area contributed by atoms with E-state index in [1.807, 2.05) is 36.6 Å². The van der Waals surface area contributed by atoms with Crippen LogP contribution in [0.3, 0.4) is 0 Å². The number of ether oxygens (including phenoxy) is 1. The molecule has 2 aromatic carbocycles. The van der Waals surface area contributed by atoms with E-state index in [2.05, 4.69) is 0 Å². The van der Waals surface area contributed by atoms with Crippen LogP contribution in [0.25, 0.3) is 0 Å². The van der Waals surface area contributed by atoms with Gasteiger partial charge in [0.25, 0.3) is 0 Å². The van der Waals surface area contributed by atoms with Gasteiger partial charge in [-0.3, -0.25) is 0 Å². The maximum atomic E-state index is 11.9.